The summed E-state index contributed by atoms with van der Waals surface area (Å²) in [5.74, 6) is 1.07. The van der Waals surface area contributed by atoms with Gasteiger partial charge in [0.15, 0.2) is 5.82 Å². The molecular weight excluding hydrogens is 230 g/mol. The van der Waals surface area contributed by atoms with Crippen molar-refractivity contribution in [1.29, 1.82) is 0 Å². The van der Waals surface area contributed by atoms with E-state index in [0.29, 0.717) is 18.1 Å². The Kier molecular flexibility index (Phi) is 3.69. The smallest absolute Gasteiger partial charge is 0.232 e. The van der Waals surface area contributed by atoms with Gasteiger partial charge in [0.2, 0.25) is 15.9 Å². The van der Waals surface area contributed by atoms with Crippen molar-refractivity contribution in [3.8, 4) is 0 Å². The highest BCUT2D eigenvalue weighted by atomic mass is 32.2. The van der Waals surface area contributed by atoms with Gasteiger partial charge in [0, 0.05) is 18.4 Å². The van der Waals surface area contributed by atoms with Crippen LogP contribution in [0.15, 0.2) is 4.52 Å². The van der Waals surface area contributed by atoms with Crippen LogP contribution in [0.5, 0.6) is 0 Å². The molecule has 7 heteroatoms. The second kappa shape index (κ2) is 4.50. The summed E-state index contributed by atoms with van der Waals surface area (Å²) < 4.78 is 29.1. The second-order valence-electron chi connectivity index (χ2n) is 4.68. The zero-order chi connectivity index (χ0) is 12.4. The minimum Gasteiger partial charge on any atom is -0.339 e. The van der Waals surface area contributed by atoms with Crippen LogP contribution in [0, 0.1) is 0 Å². The molecule has 0 aliphatic carbocycles. The van der Waals surface area contributed by atoms with Crippen molar-refractivity contribution in [2.45, 2.75) is 32.6 Å². The maximum Gasteiger partial charge on any atom is 0.232 e. The third-order valence-corrected chi connectivity index (χ3v) is 2.55. The number of hydrogen-bond donors (Lipinski definition) is 1. The lowest BCUT2D eigenvalue weighted by atomic mass is 9.97. The number of aromatic nitrogens is 2. The normalized spacial score (nSPS) is 13.0. The van der Waals surface area contributed by atoms with Crippen LogP contribution in [-0.2, 0) is 21.9 Å². The molecule has 0 aromatic carbocycles. The molecule has 1 heterocycles. The molecule has 0 saturated carbocycles. The quantitative estimate of drug-likeness (QED) is 0.835. The van der Waals surface area contributed by atoms with E-state index in [0.717, 1.165) is 6.26 Å². The molecule has 16 heavy (non-hydrogen) atoms. The molecule has 0 atom stereocenters. The van der Waals surface area contributed by atoms with Crippen LogP contribution in [0.1, 0.15) is 32.5 Å². The van der Waals surface area contributed by atoms with Crippen molar-refractivity contribution in [3.63, 3.8) is 0 Å². The van der Waals surface area contributed by atoms with Crippen molar-refractivity contribution < 1.29 is 12.9 Å². The molecule has 0 unspecified atom stereocenters. The van der Waals surface area contributed by atoms with Gasteiger partial charge >= 0.3 is 0 Å². The van der Waals surface area contributed by atoms with E-state index in [1.807, 2.05) is 20.8 Å². The predicted molar refractivity (Wildman–Crippen MR) is 59.5 cm³/mol. The lowest BCUT2D eigenvalue weighted by Crippen LogP contribution is -2.24. The Balaban J connectivity index is 2.54. The average Bonchev–Trinajstić information content (AvgIpc) is 2.49. The molecule has 1 rings (SSSR count). The van der Waals surface area contributed by atoms with Gasteiger partial charge in [0.1, 0.15) is 0 Å². The highest BCUT2D eigenvalue weighted by Crippen LogP contribution is 2.19. The summed E-state index contributed by atoms with van der Waals surface area (Å²) in [7, 11) is -3.15. The van der Waals surface area contributed by atoms with E-state index in [4.69, 9.17) is 4.52 Å². The van der Waals surface area contributed by atoms with Gasteiger partial charge in [0.25, 0.3) is 0 Å². The molecule has 0 spiro atoms. The molecule has 0 bridgehead atoms. The van der Waals surface area contributed by atoms with Crippen molar-refractivity contribution in [3.05, 3.63) is 11.7 Å². The van der Waals surface area contributed by atoms with E-state index >= 15 is 0 Å². The first-order valence-electron chi connectivity index (χ1n) is 4.96. The Bertz CT molecular complexity index is 445. The van der Waals surface area contributed by atoms with Gasteiger partial charge in [-0.05, 0) is 0 Å². The summed E-state index contributed by atoms with van der Waals surface area (Å²) in [6.45, 7) is 6.19. The monoisotopic (exact) mass is 247 g/mol. The van der Waals surface area contributed by atoms with Gasteiger partial charge in [-0.25, -0.2) is 13.1 Å². The van der Waals surface area contributed by atoms with E-state index in [-0.39, 0.29) is 12.0 Å². The number of sulfonamides is 1. The van der Waals surface area contributed by atoms with Crippen LogP contribution in [0.4, 0.5) is 0 Å². The van der Waals surface area contributed by atoms with E-state index in [9.17, 15) is 8.42 Å². The lowest BCUT2D eigenvalue weighted by molar-refractivity contribution is 0.318. The van der Waals surface area contributed by atoms with E-state index in [1.54, 1.807) is 0 Å². The molecule has 0 amide bonds. The van der Waals surface area contributed by atoms with Gasteiger partial charge in [-0.1, -0.05) is 25.9 Å². The van der Waals surface area contributed by atoms with Gasteiger partial charge in [-0.3, -0.25) is 0 Å². The number of nitrogens with one attached hydrogen (secondary N) is 1. The SMILES string of the molecule is CC(C)(C)c1nc(CCNS(C)(=O)=O)no1. The first-order chi connectivity index (χ1) is 7.18. The summed E-state index contributed by atoms with van der Waals surface area (Å²) in [5.41, 5.74) is -0.185. The third kappa shape index (κ3) is 4.28. The Labute approximate surface area is 95.5 Å². The minimum atomic E-state index is -3.15. The molecule has 0 aliphatic heterocycles. The summed E-state index contributed by atoms with van der Waals surface area (Å²) in [6, 6.07) is 0. The summed E-state index contributed by atoms with van der Waals surface area (Å²) in [5, 5.41) is 3.78. The largest absolute Gasteiger partial charge is 0.339 e. The van der Waals surface area contributed by atoms with E-state index in [1.165, 1.54) is 0 Å². The molecule has 92 valence electrons. The second-order valence-corrected chi connectivity index (χ2v) is 6.52. The van der Waals surface area contributed by atoms with Crippen LogP contribution < -0.4 is 4.72 Å². The van der Waals surface area contributed by atoms with Crippen LogP contribution in [0.25, 0.3) is 0 Å². The Hall–Kier alpha value is -0.950. The minimum absolute atomic E-state index is 0.185. The third-order valence-electron chi connectivity index (χ3n) is 1.82. The maximum absolute atomic E-state index is 10.8. The Morgan fingerprint density at radius 3 is 2.44 bits per heavy atom. The topological polar surface area (TPSA) is 85.1 Å². The van der Waals surface area contributed by atoms with Crippen LogP contribution in [-0.4, -0.2) is 31.4 Å². The van der Waals surface area contributed by atoms with Crippen LogP contribution in [0.2, 0.25) is 0 Å². The summed E-state index contributed by atoms with van der Waals surface area (Å²) >= 11 is 0. The molecule has 0 aliphatic rings. The lowest BCUT2D eigenvalue weighted by Gasteiger charge is -2.10. The average molecular weight is 247 g/mol. The number of rotatable bonds is 4. The van der Waals surface area contributed by atoms with Crippen molar-refractivity contribution in [2.75, 3.05) is 12.8 Å². The van der Waals surface area contributed by atoms with Crippen LogP contribution >= 0.6 is 0 Å². The first kappa shape index (κ1) is 13.1. The fraction of sp³-hybridized carbons (Fsp3) is 0.778. The van der Waals surface area contributed by atoms with E-state index in [2.05, 4.69) is 14.9 Å². The fourth-order valence-electron chi connectivity index (χ4n) is 1.01. The first-order valence-corrected chi connectivity index (χ1v) is 6.85. The van der Waals surface area contributed by atoms with Gasteiger partial charge in [0.05, 0.1) is 6.26 Å². The standard InChI is InChI=1S/C9H17N3O3S/c1-9(2,3)8-11-7(12-15-8)5-6-10-16(4,13)14/h10H,5-6H2,1-4H3. The van der Waals surface area contributed by atoms with Crippen LogP contribution in [0.3, 0.4) is 0 Å². The molecule has 1 aromatic heterocycles. The fourth-order valence-corrected chi connectivity index (χ4v) is 1.48. The molecule has 6 nitrogen and oxygen atoms in total. The van der Waals surface area contributed by atoms with Gasteiger partial charge < -0.3 is 4.52 Å². The Morgan fingerprint density at radius 2 is 2.00 bits per heavy atom. The molecule has 1 N–H and O–H groups in total. The molecule has 1 aromatic rings. The highest BCUT2D eigenvalue weighted by molar-refractivity contribution is 7.88. The highest BCUT2D eigenvalue weighted by Gasteiger charge is 2.21. The van der Waals surface area contributed by atoms with Crippen molar-refractivity contribution >= 4 is 10.0 Å². The molecule has 0 fully saturated rings. The summed E-state index contributed by atoms with van der Waals surface area (Å²) in [4.78, 5) is 4.19. The van der Waals surface area contributed by atoms with Crippen molar-refractivity contribution in [1.82, 2.24) is 14.9 Å². The van der Waals surface area contributed by atoms with Crippen molar-refractivity contribution in [2.24, 2.45) is 0 Å². The molecule has 0 saturated heterocycles. The molecular formula is C9H17N3O3S. The predicted octanol–water partition coefficient (Wildman–Crippen LogP) is 0.459. The zero-order valence-corrected chi connectivity index (χ0v) is 10.8. The molecule has 0 radical (unpaired) electrons. The summed E-state index contributed by atoms with van der Waals surface area (Å²) in [6.07, 6.45) is 1.54. The van der Waals surface area contributed by atoms with Gasteiger partial charge in [-0.15, -0.1) is 0 Å². The zero-order valence-electron chi connectivity index (χ0n) is 9.94. The number of nitrogens with zero attached hydrogens (tertiary/aromatic N) is 2. The number of hydrogen-bond acceptors (Lipinski definition) is 5. The Morgan fingerprint density at radius 1 is 1.38 bits per heavy atom. The van der Waals surface area contributed by atoms with E-state index < -0.39 is 10.0 Å². The maximum atomic E-state index is 10.8. The van der Waals surface area contributed by atoms with Gasteiger partial charge in [-0.2, -0.15) is 4.98 Å².